The number of rotatable bonds is 4. The van der Waals surface area contributed by atoms with Crippen LogP contribution in [0.25, 0.3) is 0 Å². The number of benzene rings is 1. The highest BCUT2D eigenvalue weighted by Gasteiger charge is 2.27. The molecule has 0 radical (unpaired) electrons. The molecule has 18 heavy (non-hydrogen) atoms. The molecule has 0 aliphatic carbocycles. The van der Waals surface area contributed by atoms with Gasteiger partial charge >= 0.3 is 0 Å². The second-order valence-electron chi connectivity index (χ2n) is 5.75. The van der Waals surface area contributed by atoms with Crippen molar-refractivity contribution in [3.05, 3.63) is 35.4 Å². The Kier molecular flexibility index (Phi) is 4.41. The van der Waals surface area contributed by atoms with Crippen LogP contribution in [0.5, 0.6) is 0 Å². The first-order chi connectivity index (χ1) is 8.60. The smallest absolute Gasteiger partial charge is 0.0917 e. The topological polar surface area (TPSA) is 23.5 Å². The molecule has 1 aliphatic heterocycles. The first-order valence-electron chi connectivity index (χ1n) is 7.11. The highest BCUT2D eigenvalue weighted by Crippen LogP contribution is 2.25. The van der Waals surface area contributed by atoms with Gasteiger partial charge in [-0.1, -0.05) is 38.1 Å². The van der Waals surface area contributed by atoms with Crippen LogP contribution in [-0.4, -0.2) is 29.1 Å². The van der Waals surface area contributed by atoms with E-state index in [1.54, 1.807) is 0 Å². The summed E-state index contributed by atoms with van der Waals surface area (Å²) in [6.45, 7) is 8.58. The highest BCUT2D eigenvalue weighted by atomic mass is 16.3. The van der Waals surface area contributed by atoms with E-state index in [9.17, 15) is 5.11 Å². The fourth-order valence-corrected chi connectivity index (χ4v) is 2.94. The number of aryl methyl sites for hydroxylation is 1. The Morgan fingerprint density at radius 2 is 1.94 bits per heavy atom. The van der Waals surface area contributed by atoms with Gasteiger partial charge in [0.15, 0.2) is 0 Å². The number of aliphatic hydroxyl groups excluding tert-OH is 1. The molecular weight excluding hydrogens is 222 g/mol. The van der Waals surface area contributed by atoms with E-state index in [0.29, 0.717) is 6.04 Å². The van der Waals surface area contributed by atoms with E-state index < -0.39 is 0 Å². The summed E-state index contributed by atoms with van der Waals surface area (Å²) >= 11 is 0. The summed E-state index contributed by atoms with van der Waals surface area (Å²) in [5, 5.41) is 10.3. The quantitative estimate of drug-likeness (QED) is 0.884. The second-order valence-corrected chi connectivity index (χ2v) is 5.75. The van der Waals surface area contributed by atoms with E-state index in [-0.39, 0.29) is 6.10 Å². The molecule has 1 heterocycles. The molecule has 3 atom stereocenters. The summed E-state index contributed by atoms with van der Waals surface area (Å²) in [4.78, 5) is 2.41. The molecule has 1 saturated heterocycles. The van der Waals surface area contributed by atoms with Crippen LogP contribution >= 0.6 is 0 Å². The first kappa shape index (κ1) is 13.6. The molecule has 100 valence electrons. The van der Waals surface area contributed by atoms with Gasteiger partial charge in [-0.2, -0.15) is 0 Å². The van der Waals surface area contributed by atoms with Crippen molar-refractivity contribution in [1.82, 2.24) is 4.90 Å². The van der Waals surface area contributed by atoms with Gasteiger partial charge in [-0.05, 0) is 36.8 Å². The van der Waals surface area contributed by atoms with Crippen molar-refractivity contribution in [2.75, 3.05) is 13.1 Å². The summed E-state index contributed by atoms with van der Waals surface area (Å²) in [6.07, 6.45) is 1.95. The van der Waals surface area contributed by atoms with E-state index >= 15 is 0 Å². The van der Waals surface area contributed by atoms with Crippen LogP contribution in [0, 0.1) is 5.92 Å². The number of nitrogens with zero attached hydrogens (tertiary/aromatic N) is 1. The second kappa shape index (κ2) is 5.85. The maximum Gasteiger partial charge on any atom is 0.0917 e. The van der Waals surface area contributed by atoms with Crippen LogP contribution in [0.2, 0.25) is 0 Å². The SMILES string of the molecule is CCc1ccc(C(O)CN2CC(C)CC2C)cc1. The molecule has 0 amide bonds. The largest absolute Gasteiger partial charge is 0.387 e. The lowest BCUT2D eigenvalue weighted by Crippen LogP contribution is -2.31. The summed E-state index contributed by atoms with van der Waals surface area (Å²) in [5.41, 5.74) is 2.37. The highest BCUT2D eigenvalue weighted by molar-refractivity contribution is 5.24. The van der Waals surface area contributed by atoms with Gasteiger partial charge in [0.2, 0.25) is 0 Å². The van der Waals surface area contributed by atoms with Crippen molar-refractivity contribution in [1.29, 1.82) is 0 Å². The number of hydrogen-bond acceptors (Lipinski definition) is 2. The van der Waals surface area contributed by atoms with Crippen LogP contribution < -0.4 is 0 Å². The average Bonchev–Trinajstić information content (AvgIpc) is 2.68. The molecule has 0 bridgehead atoms. The minimum Gasteiger partial charge on any atom is -0.387 e. The van der Waals surface area contributed by atoms with Crippen molar-refractivity contribution in [2.24, 2.45) is 5.92 Å². The Labute approximate surface area is 111 Å². The minimum absolute atomic E-state index is 0.358. The maximum absolute atomic E-state index is 10.3. The molecule has 2 heteroatoms. The molecule has 0 aromatic heterocycles. The molecule has 1 aliphatic rings. The minimum atomic E-state index is -0.358. The lowest BCUT2D eigenvalue weighted by atomic mass is 10.1. The van der Waals surface area contributed by atoms with E-state index in [2.05, 4.69) is 49.9 Å². The normalized spacial score (nSPS) is 26.4. The van der Waals surface area contributed by atoms with Crippen molar-refractivity contribution in [3.8, 4) is 0 Å². The molecule has 1 N–H and O–H groups in total. The Balaban J connectivity index is 1.96. The molecule has 1 aromatic carbocycles. The van der Waals surface area contributed by atoms with Crippen molar-refractivity contribution in [2.45, 2.75) is 45.8 Å². The van der Waals surface area contributed by atoms with Crippen LogP contribution in [0.15, 0.2) is 24.3 Å². The predicted octanol–water partition coefficient (Wildman–Crippen LogP) is 3.01. The third-order valence-electron chi connectivity index (χ3n) is 4.09. The first-order valence-corrected chi connectivity index (χ1v) is 7.11. The number of β-amino-alcohol motifs (C(OH)–C–C–N with tert-alkyl or cyclic N) is 1. The molecule has 2 rings (SSSR count). The molecule has 0 saturated carbocycles. The fourth-order valence-electron chi connectivity index (χ4n) is 2.94. The predicted molar refractivity (Wildman–Crippen MR) is 75.6 cm³/mol. The standard InChI is InChI=1S/C16H25NO/c1-4-14-5-7-15(8-6-14)16(18)11-17-10-12(2)9-13(17)3/h5-8,12-13,16,18H,4,9-11H2,1-3H3. The van der Waals surface area contributed by atoms with Crippen molar-refractivity contribution >= 4 is 0 Å². The summed E-state index contributed by atoms with van der Waals surface area (Å²) in [5.74, 6) is 0.759. The lowest BCUT2D eigenvalue weighted by Gasteiger charge is -2.24. The monoisotopic (exact) mass is 247 g/mol. The van der Waals surface area contributed by atoms with E-state index in [0.717, 1.165) is 31.0 Å². The van der Waals surface area contributed by atoms with Crippen LogP contribution in [0.3, 0.4) is 0 Å². The third kappa shape index (κ3) is 3.12. The fraction of sp³-hybridized carbons (Fsp3) is 0.625. The van der Waals surface area contributed by atoms with Crippen LogP contribution in [0.1, 0.15) is 44.4 Å². The van der Waals surface area contributed by atoms with E-state index in [1.165, 1.54) is 12.0 Å². The molecule has 0 spiro atoms. The number of likely N-dealkylation sites (tertiary alicyclic amines) is 1. The van der Waals surface area contributed by atoms with Crippen LogP contribution in [-0.2, 0) is 6.42 Å². The van der Waals surface area contributed by atoms with E-state index in [4.69, 9.17) is 0 Å². The molecule has 1 aromatic rings. The molecule has 3 unspecified atom stereocenters. The molecule has 1 fully saturated rings. The Bertz CT molecular complexity index is 373. The number of aliphatic hydroxyl groups is 1. The Hall–Kier alpha value is -0.860. The Morgan fingerprint density at radius 3 is 2.44 bits per heavy atom. The zero-order valence-electron chi connectivity index (χ0n) is 11.8. The van der Waals surface area contributed by atoms with Gasteiger partial charge in [0.1, 0.15) is 0 Å². The van der Waals surface area contributed by atoms with Gasteiger partial charge in [-0.25, -0.2) is 0 Å². The van der Waals surface area contributed by atoms with Gasteiger partial charge in [-0.3, -0.25) is 4.90 Å². The van der Waals surface area contributed by atoms with Gasteiger partial charge in [-0.15, -0.1) is 0 Å². The van der Waals surface area contributed by atoms with Crippen molar-refractivity contribution in [3.63, 3.8) is 0 Å². The zero-order valence-corrected chi connectivity index (χ0v) is 11.8. The lowest BCUT2D eigenvalue weighted by molar-refractivity contribution is 0.109. The van der Waals surface area contributed by atoms with Gasteiger partial charge in [0.05, 0.1) is 6.10 Å². The van der Waals surface area contributed by atoms with Gasteiger partial charge in [0.25, 0.3) is 0 Å². The average molecular weight is 247 g/mol. The molecule has 2 nitrogen and oxygen atoms in total. The summed E-state index contributed by atoms with van der Waals surface area (Å²) < 4.78 is 0. The third-order valence-corrected chi connectivity index (χ3v) is 4.09. The van der Waals surface area contributed by atoms with Gasteiger partial charge < -0.3 is 5.11 Å². The maximum atomic E-state index is 10.3. The zero-order chi connectivity index (χ0) is 13.1. The van der Waals surface area contributed by atoms with Crippen LogP contribution in [0.4, 0.5) is 0 Å². The number of hydrogen-bond donors (Lipinski definition) is 1. The van der Waals surface area contributed by atoms with Gasteiger partial charge in [0, 0.05) is 19.1 Å². The molecular formula is C16H25NO. The van der Waals surface area contributed by atoms with Crippen molar-refractivity contribution < 1.29 is 5.11 Å². The summed E-state index contributed by atoms with van der Waals surface area (Å²) in [7, 11) is 0. The summed E-state index contributed by atoms with van der Waals surface area (Å²) in [6, 6.07) is 8.97. The Morgan fingerprint density at radius 1 is 1.28 bits per heavy atom. The van der Waals surface area contributed by atoms with E-state index in [1.807, 2.05) is 0 Å².